The van der Waals surface area contributed by atoms with Gasteiger partial charge in [-0.2, -0.15) is 0 Å². The Morgan fingerprint density at radius 3 is 2.75 bits per heavy atom. The Kier molecular flexibility index (Phi) is 4.43. The van der Waals surface area contributed by atoms with Gasteiger partial charge in [0.15, 0.2) is 0 Å². The van der Waals surface area contributed by atoms with Crippen LogP contribution in [-0.4, -0.2) is 25.6 Å². The Labute approximate surface area is 117 Å². The van der Waals surface area contributed by atoms with E-state index in [-0.39, 0.29) is 11.5 Å². The fraction of sp³-hybridized carbons (Fsp3) is 0.231. The molecule has 0 aliphatic carbocycles. The van der Waals surface area contributed by atoms with Gasteiger partial charge in [0.2, 0.25) is 0 Å². The van der Waals surface area contributed by atoms with Crippen molar-refractivity contribution in [3.8, 4) is 0 Å². The van der Waals surface area contributed by atoms with Gasteiger partial charge in [-0.15, -0.1) is 0 Å². The zero-order valence-corrected chi connectivity index (χ0v) is 11.8. The number of anilines is 1. The minimum atomic E-state index is -3.69. The van der Waals surface area contributed by atoms with E-state index in [9.17, 15) is 8.42 Å². The standard InChI is InChI=1S/C13H16N2O4S/c1-19-9-10-4-2-3-5-13(10)15-20(17,18)12-6-11(8-16)14-7-12/h2-7,14-16H,8-9H2,1H3. The van der Waals surface area contributed by atoms with E-state index in [0.29, 0.717) is 18.0 Å². The smallest absolute Gasteiger partial charge is 0.263 e. The van der Waals surface area contributed by atoms with Gasteiger partial charge in [0.05, 0.1) is 18.9 Å². The number of rotatable bonds is 6. The highest BCUT2D eigenvalue weighted by atomic mass is 32.2. The van der Waals surface area contributed by atoms with Gasteiger partial charge >= 0.3 is 0 Å². The van der Waals surface area contributed by atoms with Crippen molar-refractivity contribution in [3.05, 3.63) is 47.8 Å². The van der Waals surface area contributed by atoms with Crippen LogP contribution in [0.3, 0.4) is 0 Å². The first-order valence-corrected chi connectivity index (χ1v) is 7.43. The highest BCUT2D eigenvalue weighted by Crippen LogP contribution is 2.21. The molecule has 0 bridgehead atoms. The molecule has 0 unspecified atom stereocenters. The maximum Gasteiger partial charge on any atom is 0.263 e. The second-order valence-corrected chi connectivity index (χ2v) is 5.90. The van der Waals surface area contributed by atoms with Gasteiger partial charge in [0.25, 0.3) is 10.0 Å². The van der Waals surface area contributed by atoms with Crippen LogP contribution in [0.25, 0.3) is 0 Å². The Balaban J connectivity index is 2.28. The van der Waals surface area contributed by atoms with E-state index in [1.807, 2.05) is 6.07 Å². The van der Waals surface area contributed by atoms with Crippen molar-refractivity contribution in [1.82, 2.24) is 4.98 Å². The molecule has 0 amide bonds. The molecule has 7 heteroatoms. The summed E-state index contributed by atoms with van der Waals surface area (Å²) >= 11 is 0. The van der Waals surface area contributed by atoms with Gasteiger partial charge in [-0.1, -0.05) is 18.2 Å². The van der Waals surface area contributed by atoms with Gasteiger partial charge in [-0.05, 0) is 12.1 Å². The minimum Gasteiger partial charge on any atom is -0.390 e. The normalized spacial score (nSPS) is 11.5. The van der Waals surface area contributed by atoms with Gasteiger partial charge in [-0.3, -0.25) is 4.72 Å². The summed E-state index contributed by atoms with van der Waals surface area (Å²) in [5.41, 5.74) is 1.66. The van der Waals surface area contributed by atoms with Crippen molar-refractivity contribution in [2.24, 2.45) is 0 Å². The van der Waals surface area contributed by atoms with E-state index in [4.69, 9.17) is 9.84 Å². The number of sulfonamides is 1. The maximum atomic E-state index is 12.2. The third kappa shape index (κ3) is 3.19. The highest BCUT2D eigenvalue weighted by Gasteiger charge is 2.17. The number of aliphatic hydroxyl groups excluding tert-OH is 1. The van der Waals surface area contributed by atoms with Crippen molar-refractivity contribution in [2.45, 2.75) is 18.1 Å². The number of aromatic amines is 1. The molecule has 0 atom stereocenters. The van der Waals surface area contributed by atoms with Crippen molar-refractivity contribution >= 4 is 15.7 Å². The fourth-order valence-electron chi connectivity index (χ4n) is 1.77. The molecule has 0 saturated carbocycles. The van der Waals surface area contributed by atoms with E-state index >= 15 is 0 Å². The summed E-state index contributed by atoms with van der Waals surface area (Å²) in [5.74, 6) is 0. The van der Waals surface area contributed by atoms with E-state index < -0.39 is 10.0 Å². The van der Waals surface area contributed by atoms with E-state index in [0.717, 1.165) is 5.56 Å². The van der Waals surface area contributed by atoms with Crippen LogP contribution in [0.2, 0.25) is 0 Å². The Morgan fingerprint density at radius 2 is 2.10 bits per heavy atom. The van der Waals surface area contributed by atoms with Crippen LogP contribution in [0, 0.1) is 0 Å². The second kappa shape index (κ2) is 6.08. The molecule has 1 aromatic carbocycles. The number of para-hydroxylation sites is 1. The quantitative estimate of drug-likeness (QED) is 0.752. The number of hydrogen-bond acceptors (Lipinski definition) is 4. The van der Waals surface area contributed by atoms with Gasteiger partial charge in [0, 0.05) is 24.6 Å². The average molecular weight is 296 g/mol. The highest BCUT2D eigenvalue weighted by molar-refractivity contribution is 7.92. The average Bonchev–Trinajstić information content (AvgIpc) is 2.91. The van der Waals surface area contributed by atoms with E-state index in [1.54, 1.807) is 25.3 Å². The molecule has 2 rings (SSSR count). The third-order valence-electron chi connectivity index (χ3n) is 2.76. The van der Waals surface area contributed by atoms with E-state index in [1.165, 1.54) is 12.3 Å². The van der Waals surface area contributed by atoms with Crippen molar-refractivity contribution in [3.63, 3.8) is 0 Å². The Hall–Kier alpha value is -1.83. The number of methoxy groups -OCH3 is 1. The van der Waals surface area contributed by atoms with Crippen molar-refractivity contribution < 1.29 is 18.3 Å². The summed E-state index contributed by atoms with van der Waals surface area (Å²) in [4.78, 5) is 2.77. The fourth-order valence-corrected chi connectivity index (χ4v) is 2.89. The number of benzene rings is 1. The molecule has 108 valence electrons. The number of nitrogens with one attached hydrogen (secondary N) is 2. The van der Waals surface area contributed by atoms with Crippen LogP contribution in [0.1, 0.15) is 11.3 Å². The van der Waals surface area contributed by atoms with Gasteiger partial charge in [0.1, 0.15) is 4.90 Å². The number of ether oxygens (including phenoxy) is 1. The molecule has 0 radical (unpaired) electrons. The SMILES string of the molecule is COCc1ccccc1NS(=O)(=O)c1c[nH]c(CO)c1. The van der Waals surface area contributed by atoms with Crippen molar-refractivity contribution in [2.75, 3.05) is 11.8 Å². The second-order valence-electron chi connectivity index (χ2n) is 4.21. The number of aliphatic hydroxyl groups is 1. The van der Waals surface area contributed by atoms with Crippen LogP contribution in [0.4, 0.5) is 5.69 Å². The summed E-state index contributed by atoms with van der Waals surface area (Å²) in [6, 6.07) is 8.41. The third-order valence-corrected chi connectivity index (χ3v) is 4.10. The summed E-state index contributed by atoms with van der Waals surface area (Å²) < 4.78 is 32.0. The van der Waals surface area contributed by atoms with Crippen LogP contribution in [0.5, 0.6) is 0 Å². The summed E-state index contributed by atoms with van der Waals surface area (Å²) in [6.45, 7) is 0.0729. The first kappa shape index (κ1) is 14.6. The molecule has 1 heterocycles. The molecule has 20 heavy (non-hydrogen) atoms. The largest absolute Gasteiger partial charge is 0.390 e. The Bertz CT molecular complexity index is 679. The lowest BCUT2D eigenvalue weighted by molar-refractivity contribution is 0.185. The molecule has 2 aromatic rings. The molecular weight excluding hydrogens is 280 g/mol. The first-order chi connectivity index (χ1) is 9.56. The van der Waals surface area contributed by atoms with Gasteiger partial charge < -0.3 is 14.8 Å². The van der Waals surface area contributed by atoms with Crippen LogP contribution >= 0.6 is 0 Å². The molecule has 0 spiro atoms. The molecule has 1 aromatic heterocycles. The summed E-state index contributed by atoms with van der Waals surface area (Å²) in [6.07, 6.45) is 1.34. The molecular formula is C13H16N2O4S. The molecule has 6 nitrogen and oxygen atoms in total. The lowest BCUT2D eigenvalue weighted by Gasteiger charge is -2.11. The van der Waals surface area contributed by atoms with Gasteiger partial charge in [-0.25, -0.2) is 8.42 Å². The topological polar surface area (TPSA) is 91.4 Å². The Morgan fingerprint density at radius 1 is 1.35 bits per heavy atom. The molecule has 0 saturated heterocycles. The predicted molar refractivity (Wildman–Crippen MR) is 74.7 cm³/mol. The number of H-pyrrole nitrogens is 1. The zero-order valence-electron chi connectivity index (χ0n) is 11.0. The monoisotopic (exact) mass is 296 g/mol. The van der Waals surface area contributed by atoms with E-state index in [2.05, 4.69) is 9.71 Å². The number of aromatic nitrogens is 1. The predicted octanol–water partition coefficient (Wildman–Crippen LogP) is 1.45. The zero-order chi connectivity index (χ0) is 14.6. The van der Waals surface area contributed by atoms with Crippen LogP contribution in [-0.2, 0) is 28.0 Å². The molecule has 3 N–H and O–H groups in total. The lowest BCUT2D eigenvalue weighted by Crippen LogP contribution is -2.13. The molecule has 0 aliphatic rings. The maximum absolute atomic E-state index is 12.2. The van der Waals surface area contributed by atoms with Crippen LogP contribution in [0.15, 0.2) is 41.4 Å². The summed E-state index contributed by atoms with van der Waals surface area (Å²) in [7, 11) is -2.14. The lowest BCUT2D eigenvalue weighted by atomic mass is 10.2. The van der Waals surface area contributed by atoms with Crippen molar-refractivity contribution in [1.29, 1.82) is 0 Å². The molecule has 0 aliphatic heterocycles. The van der Waals surface area contributed by atoms with Crippen LogP contribution < -0.4 is 4.72 Å². The summed E-state index contributed by atoms with van der Waals surface area (Å²) in [5, 5.41) is 8.96. The molecule has 0 fully saturated rings. The number of hydrogen-bond donors (Lipinski definition) is 3. The first-order valence-electron chi connectivity index (χ1n) is 5.94. The minimum absolute atomic E-state index is 0.0776.